The predicted molar refractivity (Wildman–Crippen MR) is 78.8 cm³/mol. The Hall–Kier alpha value is -1.59. The van der Waals surface area contributed by atoms with Crippen LogP contribution in [0.2, 0.25) is 0 Å². The summed E-state index contributed by atoms with van der Waals surface area (Å²) in [5.41, 5.74) is 4.99. The van der Waals surface area contributed by atoms with Gasteiger partial charge in [-0.2, -0.15) is 0 Å². The van der Waals surface area contributed by atoms with Gasteiger partial charge in [0.2, 0.25) is 0 Å². The Morgan fingerprint density at radius 3 is 2.90 bits per heavy atom. The molecule has 1 amide bonds. The van der Waals surface area contributed by atoms with Crippen LogP contribution in [-0.2, 0) is 22.4 Å². The minimum absolute atomic E-state index is 0.0386. The van der Waals surface area contributed by atoms with Gasteiger partial charge in [0.25, 0.3) is 5.91 Å². The molecule has 1 aromatic rings. The van der Waals surface area contributed by atoms with Crippen molar-refractivity contribution < 1.29 is 14.3 Å². The van der Waals surface area contributed by atoms with Crippen molar-refractivity contribution in [2.75, 3.05) is 6.61 Å². The first kappa shape index (κ1) is 14.4. The third-order valence-corrected chi connectivity index (χ3v) is 4.30. The largest absolute Gasteiger partial charge is 0.491 e. The molecule has 21 heavy (non-hydrogen) atoms. The number of hydrogen-bond acceptors (Lipinski definition) is 4. The quantitative estimate of drug-likeness (QED) is 0.500. The second-order valence-electron chi connectivity index (χ2n) is 5.78. The van der Waals surface area contributed by atoms with Crippen LogP contribution < -0.4 is 16.0 Å². The van der Waals surface area contributed by atoms with E-state index in [1.165, 1.54) is 30.4 Å². The van der Waals surface area contributed by atoms with Crippen LogP contribution in [0.5, 0.6) is 5.75 Å². The zero-order valence-corrected chi connectivity index (χ0v) is 12.1. The molecule has 0 aromatic heterocycles. The molecule has 1 heterocycles. The first-order chi connectivity index (χ1) is 10.3. The number of benzene rings is 1. The molecule has 2 unspecified atom stereocenters. The van der Waals surface area contributed by atoms with Crippen LogP contribution in [0, 0.1) is 0 Å². The third kappa shape index (κ3) is 3.36. The molecule has 0 radical (unpaired) electrons. The molecule has 1 saturated heterocycles. The molecule has 3 rings (SSSR count). The van der Waals surface area contributed by atoms with Crippen molar-refractivity contribution in [3.63, 3.8) is 0 Å². The number of amides is 1. The van der Waals surface area contributed by atoms with E-state index >= 15 is 0 Å². The molecule has 1 aliphatic carbocycles. The Labute approximate surface area is 124 Å². The Kier molecular flexibility index (Phi) is 4.41. The van der Waals surface area contributed by atoms with Crippen molar-refractivity contribution in [2.45, 2.75) is 50.7 Å². The van der Waals surface area contributed by atoms with Crippen molar-refractivity contribution >= 4 is 5.91 Å². The van der Waals surface area contributed by atoms with Crippen molar-refractivity contribution in [1.29, 1.82) is 0 Å². The molecule has 5 heteroatoms. The van der Waals surface area contributed by atoms with Gasteiger partial charge in [-0.15, -0.1) is 0 Å². The van der Waals surface area contributed by atoms with Crippen LogP contribution >= 0.6 is 0 Å². The lowest BCUT2D eigenvalue weighted by molar-refractivity contribution is -0.132. The molecular weight excluding hydrogens is 268 g/mol. The van der Waals surface area contributed by atoms with Crippen LogP contribution in [0.15, 0.2) is 18.2 Å². The van der Waals surface area contributed by atoms with E-state index in [1.807, 2.05) is 6.07 Å². The van der Waals surface area contributed by atoms with Gasteiger partial charge < -0.3 is 9.47 Å². The lowest BCUT2D eigenvalue weighted by Gasteiger charge is -2.18. The fraction of sp³-hybridized carbons (Fsp3) is 0.562. The Morgan fingerprint density at radius 2 is 2.10 bits per heavy atom. The summed E-state index contributed by atoms with van der Waals surface area (Å²) in [6.07, 6.45) is 5.91. The summed E-state index contributed by atoms with van der Waals surface area (Å²) in [5.74, 6) is 5.75. The number of carbonyl (C=O) groups excluding carboxylic acids is 1. The van der Waals surface area contributed by atoms with Crippen LogP contribution in [-0.4, -0.2) is 24.7 Å². The van der Waals surface area contributed by atoms with E-state index < -0.39 is 6.10 Å². The molecule has 1 aliphatic heterocycles. The molecular formula is C16H22N2O3. The Balaban J connectivity index is 1.53. The van der Waals surface area contributed by atoms with Gasteiger partial charge in [0.15, 0.2) is 0 Å². The molecule has 0 spiro atoms. The van der Waals surface area contributed by atoms with Gasteiger partial charge in [-0.3, -0.25) is 10.2 Å². The highest BCUT2D eigenvalue weighted by Gasteiger charge is 2.30. The van der Waals surface area contributed by atoms with Crippen LogP contribution in [0.3, 0.4) is 0 Å². The van der Waals surface area contributed by atoms with E-state index in [2.05, 4.69) is 17.6 Å². The monoisotopic (exact) mass is 290 g/mol. The maximum Gasteiger partial charge on any atom is 0.263 e. The van der Waals surface area contributed by atoms with Gasteiger partial charge in [0.05, 0.1) is 6.10 Å². The number of hydrogen-bond donors (Lipinski definition) is 2. The molecule has 0 saturated carbocycles. The predicted octanol–water partition coefficient (Wildman–Crippen LogP) is 1.48. The lowest BCUT2D eigenvalue weighted by Crippen LogP contribution is -2.39. The second-order valence-corrected chi connectivity index (χ2v) is 5.78. The molecule has 1 aromatic carbocycles. The summed E-state index contributed by atoms with van der Waals surface area (Å²) in [4.78, 5) is 11.4. The maximum atomic E-state index is 11.4. The highest BCUT2D eigenvalue weighted by atomic mass is 16.5. The second kappa shape index (κ2) is 6.45. The van der Waals surface area contributed by atoms with Crippen LogP contribution in [0.1, 0.15) is 36.8 Å². The molecule has 0 bridgehead atoms. The van der Waals surface area contributed by atoms with E-state index in [1.54, 1.807) is 0 Å². The summed E-state index contributed by atoms with van der Waals surface area (Å²) in [7, 11) is 0. The van der Waals surface area contributed by atoms with E-state index in [9.17, 15) is 4.79 Å². The average molecular weight is 290 g/mol. The van der Waals surface area contributed by atoms with Gasteiger partial charge in [-0.1, -0.05) is 6.07 Å². The smallest absolute Gasteiger partial charge is 0.263 e. The third-order valence-electron chi connectivity index (χ3n) is 4.30. The minimum atomic E-state index is -0.438. The van der Waals surface area contributed by atoms with E-state index in [0.717, 1.165) is 18.6 Å². The van der Waals surface area contributed by atoms with E-state index in [-0.39, 0.29) is 12.0 Å². The minimum Gasteiger partial charge on any atom is -0.491 e. The number of hydrazine groups is 1. The summed E-state index contributed by atoms with van der Waals surface area (Å²) in [6.45, 7) is 0.479. The number of rotatable bonds is 4. The number of carbonyl (C=O) groups is 1. The Morgan fingerprint density at radius 1 is 1.29 bits per heavy atom. The summed E-state index contributed by atoms with van der Waals surface area (Å²) in [5, 5.41) is 0. The molecule has 2 atom stereocenters. The summed E-state index contributed by atoms with van der Waals surface area (Å²) in [6, 6.07) is 6.35. The first-order valence-electron chi connectivity index (χ1n) is 7.67. The lowest BCUT2D eigenvalue weighted by atomic mass is 9.92. The van der Waals surface area contributed by atoms with Gasteiger partial charge in [-0.25, -0.2) is 5.84 Å². The van der Waals surface area contributed by atoms with Crippen LogP contribution in [0.25, 0.3) is 0 Å². The summed E-state index contributed by atoms with van der Waals surface area (Å²) < 4.78 is 11.5. The number of fused-ring (bicyclic) bond motifs is 1. The number of nitrogens with two attached hydrogens (primary N) is 1. The van der Waals surface area contributed by atoms with Crippen molar-refractivity contribution in [3.8, 4) is 5.75 Å². The zero-order valence-electron chi connectivity index (χ0n) is 12.1. The van der Waals surface area contributed by atoms with Gasteiger partial charge >= 0.3 is 0 Å². The molecule has 2 aliphatic rings. The van der Waals surface area contributed by atoms with Crippen LogP contribution in [0.4, 0.5) is 0 Å². The first-order valence-corrected chi connectivity index (χ1v) is 7.67. The fourth-order valence-corrected chi connectivity index (χ4v) is 3.10. The van der Waals surface area contributed by atoms with Crippen molar-refractivity contribution in [3.05, 3.63) is 29.3 Å². The molecule has 114 valence electrons. The van der Waals surface area contributed by atoms with E-state index in [4.69, 9.17) is 15.3 Å². The normalized spacial score (nSPS) is 24.4. The highest BCUT2D eigenvalue weighted by Crippen LogP contribution is 2.26. The summed E-state index contributed by atoms with van der Waals surface area (Å²) >= 11 is 0. The Bertz CT molecular complexity index is 518. The maximum absolute atomic E-state index is 11.4. The number of ether oxygens (including phenoxy) is 2. The molecule has 3 N–H and O–H groups in total. The van der Waals surface area contributed by atoms with Gasteiger partial charge in [0.1, 0.15) is 18.5 Å². The number of nitrogens with one attached hydrogen (secondary N) is 1. The highest BCUT2D eigenvalue weighted by molar-refractivity contribution is 5.80. The topological polar surface area (TPSA) is 73.6 Å². The molecule has 1 fully saturated rings. The van der Waals surface area contributed by atoms with Crippen molar-refractivity contribution in [1.82, 2.24) is 5.43 Å². The standard InChI is InChI=1S/C16H22N2O3/c17-18-16(19)15-8-7-14(21-15)10-20-13-6-5-11-3-1-2-4-12(11)9-13/h5-6,9,14-15H,1-4,7-8,10,17H2,(H,18,19). The molecule has 5 nitrogen and oxygen atoms in total. The van der Waals surface area contributed by atoms with Gasteiger partial charge in [0, 0.05) is 0 Å². The van der Waals surface area contributed by atoms with E-state index in [0.29, 0.717) is 13.0 Å². The van der Waals surface area contributed by atoms with Gasteiger partial charge in [-0.05, 0) is 61.8 Å². The van der Waals surface area contributed by atoms with Crippen molar-refractivity contribution in [2.24, 2.45) is 5.84 Å². The average Bonchev–Trinajstić information content (AvgIpc) is 3.01. The fourth-order valence-electron chi connectivity index (χ4n) is 3.10. The number of aryl methyl sites for hydroxylation is 2. The zero-order chi connectivity index (χ0) is 14.7. The SMILES string of the molecule is NNC(=O)C1CCC(COc2ccc3c(c2)CCCC3)O1.